The van der Waals surface area contributed by atoms with Crippen LogP contribution in [0.25, 0.3) is 0 Å². The molecule has 0 saturated carbocycles. The van der Waals surface area contributed by atoms with Crippen LogP contribution in [0.2, 0.25) is 0 Å². The molecule has 2 heterocycles. The number of para-hydroxylation sites is 1. The summed E-state index contributed by atoms with van der Waals surface area (Å²) in [5, 5.41) is 0. The molecule has 152 valence electrons. The van der Waals surface area contributed by atoms with Crippen molar-refractivity contribution in [3.63, 3.8) is 0 Å². The molecule has 2 aromatic rings. The van der Waals surface area contributed by atoms with Gasteiger partial charge in [0.2, 0.25) is 6.79 Å². The van der Waals surface area contributed by atoms with Crippen LogP contribution in [0.3, 0.4) is 0 Å². The number of benzene rings is 2. The van der Waals surface area contributed by atoms with Gasteiger partial charge in [-0.3, -0.25) is 9.59 Å². The lowest BCUT2D eigenvalue weighted by Crippen LogP contribution is -2.50. The average molecular weight is 406 g/mol. The first-order valence-electron chi connectivity index (χ1n) is 8.99. The number of piperazine rings is 1. The summed E-state index contributed by atoms with van der Waals surface area (Å²) in [7, 11) is 0. The first kappa shape index (κ1) is 19.1. The summed E-state index contributed by atoms with van der Waals surface area (Å²) >= 11 is 0. The third-order valence-corrected chi connectivity index (χ3v) is 4.92. The van der Waals surface area contributed by atoms with Gasteiger partial charge in [-0.15, -0.1) is 0 Å². The minimum atomic E-state index is -4.51. The number of hydrogen-bond donors (Lipinski definition) is 0. The van der Waals surface area contributed by atoms with Crippen LogP contribution in [0.5, 0.6) is 11.5 Å². The molecule has 0 unspecified atom stereocenters. The van der Waals surface area contributed by atoms with Crippen molar-refractivity contribution in [1.82, 2.24) is 9.80 Å². The van der Waals surface area contributed by atoms with Crippen LogP contribution < -0.4 is 9.47 Å². The second-order valence-electron chi connectivity index (χ2n) is 6.70. The second-order valence-corrected chi connectivity index (χ2v) is 6.70. The fourth-order valence-corrected chi connectivity index (χ4v) is 3.39. The number of halogens is 3. The van der Waals surface area contributed by atoms with E-state index in [4.69, 9.17) is 9.47 Å². The summed E-state index contributed by atoms with van der Waals surface area (Å²) in [6, 6.07) is 9.42. The van der Waals surface area contributed by atoms with Crippen LogP contribution in [0.4, 0.5) is 13.2 Å². The molecule has 1 fully saturated rings. The molecule has 4 rings (SSSR count). The molecule has 1 saturated heterocycles. The first-order chi connectivity index (χ1) is 13.8. The smallest absolute Gasteiger partial charge is 0.416 e. The standard InChI is InChI=1S/C20H17F3N2O4/c21-20(22,23)14-4-1-3-13(11-14)18(26)24-7-9-25(10-8-24)19(27)15-5-2-6-16-17(15)29-12-28-16/h1-6,11H,7-10,12H2. The zero-order chi connectivity index (χ0) is 20.6. The molecular weight excluding hydrogens is 389 g/mol. The number of alkyl halides is 3. The quantitative estimate of drug-likeness (QED) is 0.770. The highest BCUT2D eigenvalue weighted by Crippen LogP contribution is 2.36. The van der Waals surface area contributed by atoms with Crippen LogP contribution in [0, 0.1) is 0 Å². The Balaban J connectivity index is 1.43. The molecule has 2 aliphatic heterocycles. The molecule has 0 radical (unpaired) electrons. The maximum atomic E-state index is 12.9. The van der Waals surface area contributed by atoms with Gasteiger partial charge in [0, 0.05) is 31.7 Å². The van der Waals surface area contributed by atoms with Crippen molar-refractivity contribution in [1.29, 1.82) is 0 Å². The number of amides is 2. The van der Waals surface area contributed by atoms with Crippen molar-refractivity contribution in [3.8, 4) is 11.5 Å². The molecular formula is C20H17F3N2O4. The third kappa shape index (κ3) is 3.72. The number of ether oxygens (including phenoxy) is 2. The molecule has 2 aliphatic rings. The number of nitrogens with zero attached hydrogens (tertiary/aromatic N) is 2. The van der Waals surface area contributed by atoms with Gasteiger partial charge in [0.05, 0.1) is 11.1 Å². The summed E-state index contributed by atoms with van der Waals surface area (Å²) < 4.78 is 49.3. The molecule has 2 amide bonds. The van der Waals surface area contributed by atoms with Gasteiger partial charge in [0.1, 0.15) is 0 Å². The van der Waals surface area contributed by atoms with Crippen LogP contribution in [-0.2, 0) is 6.18 Å². The van der Waals surface area contributed by atoms with Gasteiger partial charge in [0.15, 0.2) is 11.5 Å². The Bertz CT molecular complexity index is 953. The molecule has 9 heteroatoms. The van der Waals surface area contributed by atoms with Gasteiger partial charge >= 0.3 is 6.18 Å². The molecule has 0 aliphatic carbocycles. The SMILES string of the molecule is O=C(c1cccc(C(F)(F)F)c1)N1CCN(C(=O)c2cccc3c2OCO3)CC1. The molecule has 0 spiro atoms. The number of hydrogen-bond acceptors (Lipinski definition) is 4. The molecule has 0 N–H and O–H groups in total. The van der Waals surface area contributed by atoms with Crippen molar-refractivity contribution in [2.24, 2.45) is 0 Å². The Morgan fingerprint density at radius 2 is 1.52 bits per heavy atom. The number of rotatable bonds is 2. The zero-order valence-electron chi connectivity index (χ0n) is 15.2. The lowest BCUT2D eigenvalue weighted by atomic mass is 10.1. The lowest BCUT2D eigenvalue weighted by Gasteiger charge is -2.35. The summed E-state index contributed by atoms with van der Waals surface area (Å²) in [5.74, 6) is 0.188. The van der Waals surface area contributed by atoms with E-state index in [1.807, 2.05) is 0 Å². The van der Waals surface area contributed by atoms with Gasteiger partial charge in [-0.25, -0.2) is 0 Å². The monoisotopic (exact) mass is 406 g/mol. The van der Waals surface area contributed by atoms with E-state index in [1.54, 1.807) is 23.1 Å². The highest BCUT2D eigenvalue weighted by Gasteiger charge is 2.32. The minimum absolute atomic E-state index is 0.0222. The van der Waals surface area contributed by atoms with Crippen molar-refractivity contribution >= 4 is 11.8 Å². The predicted octanol–water partition coefficient (Wildman–Crippen LogP) is 3.03. The predicted molar refractivity (Wildman–Crippen MR) is 95.8 cm³/mol. The number of carbonyl (C=O) groups is 2. The molecule has 0 atom stereocenters. The summed E-state index contributed by atoms with van der Waals surface area (Å²) in [4.78, 5) is 28.5. The Labute approximate surface area is 164 Å². The minimum Gasteiger partial charge on any atom is -0.454 e. The van der Waals surface area contributed by atoms with Crippen molar-refractivity contribution in [3.05, 3.63) is 59.2 Å². The highest BCUT2D eigenvalue weighted by molar-refractivity contribution is 5.98. The van der Waals surface area contributed by atoms with Crippen molar-refractivity contribution in [2.75, 3.05) is 33.0 Å². The van der Waals surface area contributed by atoms with Gasteiger partial charge in [0.25, 0.3) is 11.8 Å². The van der Waals surface area contributed by atoms with Crippen LogP contribution >= 0.6 is 0 Å². The van der Waals surface area contributed by atoms with Crippen LogP contribution in [0.15, 0.2) is 42.5 Å². The Morgan fingerprint density at radius 3 is 2.21 bits per heavy atom. The topological polar surface area (TPSA) is 59.1 Å². The van der Waals surface area contributed by atoms with Gasteiger partial charge in [-0.2, -0.15) is 13.2 Å². The van der Waals surface area contributed by atoms with Crippen molar-refractivity contribution in [2.45, 2.75) is 6.18 Å². The average Bonchev–Trinajstić information content (AvgIpc) is 3.21. The van der Waals surface area contributed by atoms with E-state index in [1.165, 1.54) is 17.0 Å². The molecule has 2 aromatic carbocycles. The summed E-state index contributed by atoms with van der Waals surface area (Å²) in [6.45, 7) is 1.06. The normalized spacial score (nSPS) is 16.1. The lowest BCUT2D eigenvalue weighted by molar-refractivity contribution is -0.137. The Kier molecular flexibility index (Phi) is 4.81. The Morgan fingerprint density at radius 1 is 0.862 bits per heavy atom. The number of fused-ring (bicyclic) bond motifs is 1. The molecule has 29 heavy (non-hydrogen) atoms. The van der Waals surface area contributed by atoms with Crippen LogP contribution in [-0.4, -0.2) is 54.6 Å². The fourth-order valence-electron chi connectivity index (χ4n) is 3.39. The van der Waals surface area contributed by atoms with E-state index >= 15 is 0 Å². The van der Waals surface area contributed by atoms with E-state index in [-0.39, 0.29) is 44.4 Å². The summed E-state index contributed by atoms with van der Waals surface area (Å²) in [6.07, 6.45) is -4.51. The molecule has 0 aromatic heterocycles. The maximum absolute atomic E-state index is 12.9. The molecule has 0 bridgehead atoms. The second kappa shape index (κ2) is 7.31. The van der Waals surface area contributed by atoms with E-state index in [9.17, 15) is 22.8 Å². The van der Waals surface area contributed by atoms with Gasteiger partial charge in [-0.1, -0.05) is 12.1 Å². The first-order valence-corrected chi connectivity index (χ1v) is 8.99. The van der Waals surface area contributed by atoms with E-state index in [2.05, 4.69) is 0 Å². The fraction of sp³-hybridized carbons (Fsp3) is 0.300. The van der Waals surface area contributed by atoms with E-state index < -0.39 is 17.6 Å². The van der Waals surface area contributed by atoms with Crippen LogP contribution in [0.1, 0.15) is 26.3 Å². The third-order valence-electron chi connectivity index (χ3n) is 4.92. The molecule has 6 nitrogen and oxygen atoms in total. The summed E-state index contributed by atoms with van der Waals surface area (Å²) in [5.41, 5.74) is -0.499. The highest BCUT2D eigenvalue weighted by atomic mass is 19.4. The van der Waals surface area contributed by atoms with E-state index in [0.29, 0.717) is 17.1 Å². The number of carbonyl (C=O) groups excluding carboxylic acids is 2. The van der Waals surface area contributed by atoms with E-state index in [0.717, 1.165) is 12.1 Å². The Hall–Kier alpha value is -3.23. The largest absolute Gasteiger partial charge is 0.454 e. The van der Waals surface area contributed by atoms with Gasteiger partial charge < -0.3 is 19.3 Å². The zero-order valence-corrected chi connectivity index (χ0v) is 15.2. The van der Waals surface area contributed by atoms with Crippen molar-refractivity contribution < 1.29 is 32.2 Å². The van der Waals surface area contributed by atoms with Gasteiger partial charge in [-0.05, 0) is 30.3 Å². The maximum Gasteiger partial charge on any atom is 0.416 e.